The van der Waals surface area contributed by atoms with Gasteiger partial charge in [-0.2, -0.15) is 0 Å². The number of rotatable bonds is 2. The molecule has 0 saturated heterocycles. The standard InChI is InChI=1S/C18H16ClFO3/c1-18(2)8-15(21)12-7-10(17(22)23-16(12)9-18)6-11-13(19)4-3-5-14(11)20/h3-5,7H,6,8-9H2,1-2H3. The van der Waals surface area contributed by atoms with Crippen molar-refractivity contribution in [2.75, 3.05) is 0 Å². The molecule has 0 atom stereocenters. The summed E-state index contributed by atoms with van der Waals surface area (Å²) in [5.74, 6) is -0.123. The molecule has 0 radical (unpaired) electrons. The number of Topliss-reactive ketones (excluding diaryl/α,β-unsaturated/α-hetero) is 1. The smallest absolute Gasteiger partial charge is 0.339 e. The first-order chi connectivity index (χ1) is 10.8. The fourth-order valence-corrected chi connectivity index (χ4v) is 3.19. The molecule has 1 aromatic heterocycles. The van der Waals surface area contributed by atoms with Gasteiger partial charge in [-0.25, -0.2) is 9.18 Å². The third-order valence-corrected chi connectivity index (χ3v) is 4.46. The number of hydrogen-bond acceptors (Lipinski definition) is 3. The van der Waals surface area contributed by atoms with Gasteiger partial charge in [0.15, 0.2) is 5.78 Å². The summed E-state index contributed by atoms with van der Waals surface area (Å²) in [4.78, 5) is 24.5. The number of ketones is 1. The lowest BCUT2D eigenvalue weighted by Crippen LogP contribution is -2.29. The molecule has 2 aromatic rings. The van der Waals surface area contributed by atoms with E-state index in [9.17, 15) is 14.0 Å². The van der Waals surface area contributed by atoms with Crippen LogP contribution in [0.2, 0.25) is 5.02 Å². The van der Waals surface area contributed by atoms with Gasteiger partial charge in [-0.3, -0.25) is 4.79 Å². The zero-order valence-electron chi connectivity index (χ0n) is 12.9. The van der Waals surface area contributed by atoms with Gasteiger partial charge in [0.1, 0.15) is 11.6 Å². The molecule has 1 aliphatic carbocycles. The number of halogens is 2. The van der Waals surface area contributed by atoms with Crippen LogP contribution in [0.25, 0.3) is 0 Å². The molecule has 0 aliphatic heterocycles. The van der Waals surface area contributed by atoms with Crippen LogP contribution in [-0.4, -0.2) is 5.78 Å². The summed E-state index contributed by atoms with van der Waals surface area (Å²) in [6, 6.07) is 5.88. The van der Waals surface area contributed by atoms with E-state index in [0.717, 1.165) is 0 Å². The van der Waals surface area contributed by atoms with Gasteiger partial charge in [-0.15, -0.1) is 0 Å². The second-order valence-electron chi connectivity index (χ2n) is 6.71. The lowest BCUT2D eigenvalue weighted by atomic mass is 9.76. The number of carbonyl (C=O) groups excluding carboxylic acids is 1. The Morgan fingerprint density at radius 2 is 2.00 bits per heavy atom. The highest BCUT2D eigenvalue weighted by Crippen LogP contribution is 2.34. The van der Waals surface area contributed by atoms with Crippen LogP contribution in [0.3, 0.4) is 0 Å². The maximum Gasteiger partial charge on any atom is 0.339 e. The van der Waals surface area contributed by atoms with Crippen molar-refractivity contribution < 1.29 is 13.6 Å². The Hall–Kier alpha value is -1.94. The van der Waals surface area contributed by atoms with Crippen LogP contribution >= 0.6 is 11.6 Å². The van der Waals surface area contributed by atoms with Crippen molar-refractivity contribution in [1.82, 2.24) is 0 Å². The first kappa shape index (κ1) is 15.9. The van der Waals surface area contributed by atoms with Crippen LogP contribution in [-0.2, 0) is 12.8 Å². The molecule has 1 heterocycles. The molecule has 0 N–H and O–H groups in total. The van der Waals surface area contributed by atoms with Crippen molar-refractivity contribution in [3.63, 3.8) is 0 Å². The average molecular weight is 335 g/mol. The largest absolute Gasteiger partial charge is 0.427 e. The Bertz CT molecular complexity index is 832. The van der Waals surface area contributed by atoms with Crippen molar-refractivity contribution in [1.29, 1.82) is 0 Å². The SMILES string of the molecule is CC1(C)CC(=O)c2cc(Cc3c(F)cccc3Cl)c(=O)oc2C1. The Balaban J connectivity index is 2.05. The summed E-state index contributed by atoms with van der Waals surface area (Å²) in [6.45, 7) is 3.92. The van der Waals surface area contributed by atoms with Crippen molar-refractivity contribution in [2.24, 2.45) is 5.41 Å². The second-order valence-corrected chi connectivity index (χ2v) is 7.12. The normalized spacial score (nSPS) is 16.3. The second kappa shape index (κ2) is 5.60. The first-order valence-corrected chi connectivity index (χ1v) is 7.77. The van der Waals surface area contributed by atoms with Gasteiger partial charge in [-0.1, -0.05) is 31.5 Å². The van der Waals surface area contributed by atoms with E-state index in [1.165, 1.54) is 18.2 Å². The fourth-order valence-electron chi connectivity index (χ4n) is 2.96. The Labute approximate surface area is 138 Å². The minimum atomic E-state index is -0.548. The molecule has 0 unspecified atom stereocenters. The number of fused-ring (bicyclic) bond motifs is 1. The molecule has 120 valence electrons. The van der Waals surface area contributed by atoms with E-state index in [2.05, 4.69) is 0 Å². The Kier molecular flexibility index (Phi) is 3.88. The third-order valence-electron chi connectivity index (χ3n) is 4.10. The predicted molar refractivity (Wildman–Crippen MR) is 85.6 cm³/mol. The molecular weight excluding hydrogens is 319 g/mol. The molecule has 0 fully saturated rings. The van der Waals surface area contributed by atoms with Crippen molar-refractivity contribution >= 4 is 17.4 Å². The topological polar surface area (TPSA) is 47.3 Å². The fraction of sp³-hybridized carbons (Fsp3) is 0.333. The molecule has 1 aliphatic rings. The summed E-state index contributed by atoms with van der Waals surface area (Å²) in [7, 11) is 0. The van der Waals surface area contributed by atoms with Gasteiger partial charge in [0.25, 0.3) is 0 Å². The molecule has 3 nitrogen and oxygen atoms in total. The minimum Gasteiger partial charge on any atom is -0.427 e. The number of hydrogen-bond donors (Lipinski definition) is 0. The van der Waals surface area contributed by atoms with E-state index in [1.807, 2.05) is 13.8 Å². The van der Waals surface area contributed by atoms with E-state index in [0.29, 0.717) is 24.2 Å². The third kappa shape index (κ3) is 3.08. The molecular formula is C18H16ClFO3. The number of carbonyl (C=O) groups is 1. The lowest BCUT2D eigenvalue weighted by Gasteiger charge is -2.28. The Morgan fingerprint density at radius 1 is 1.26 bits per heavy atom. The van der Waals surface area contributed by atoms with Crippen molar-refractivity contribution in [3.05, 3.63) is 68.0 Å². The van der Waals surface area contributed by atoms with Gasteiger partial charge in [-0.05, 0) is 23.6 Å². The molecule has 1 aromatic carbocycles. The van der Waals surface area contributed by atoms with Crippen LogP contribution in [0.1, 0.15) is 47.5 Å². The van der Waals surface area contributed by atoms with Crippen LogP contribution in [0.5, 0.6) is 0 Å². The van der Waals surface area contributed by atoms with Gasteiger partial charge >= 0.3 is 5.63 Å². The zero-order chi connectivity index (χ0) is 16.8. The van der Waals surface area contributed by atoms with Gasteiger partial charge < -0.3 is 4.42 Å². The molecule has 3 rings (SSSR count). The highest BCUT2D eigenvalue weighted by molar-refractivity contribution is 6.31. The molecule has 23 heavy (non-hydrogen) atoms. The quantitative estimate of drug-likeness (QED) is 0.827. The predicted octanol–water partition coefficient (Wildman–Crippen LogP) is 4.18. The molecule has 0 saturated carbocycles. The van der Waals surface area contributed by atoms with Crippen LogP contribution in [0.15, 0.2) is 33.5 Å². The summed E-state index contributed by atoms with van der Waals surface area (Å²) < 4.78 is 19.2. The van der Waals surface area contributed by atoms with E-state index in [4.69, 9.17) is 16.0 Å². The summed E-state index contributed by atoms with van der Waals surface area (Å²) in [5, 5.41) is 0.245. The van der Waals surface area contributed by atoms with E-state index < -0.39 is 11.4 Å². The maximum atomic E-state index is 13.9. The zero-order valence-corrected chi connectivity index (χ0v) is 13.7. The monoisotopic (exact) mass is 334 g/mol. The first-order valence-electron chi connectivity index (χ1n) is 7.39. The minimum absolute atomic E-state index is 0.00219. The van der Waals surface area contributed by atoms with E-state index in [-0.39, 0.29) is 33.8 Å². The molecule has 5 heteroatoms. The van der Waals surface area contributed by atoms with Crippen LogP contribution < -0.4 is 5.63 Å². The summed E-state index contributed by atoms with van der Waals surface area (Å²) >= 11 is 6.00. The van der Waals surface area contributed by atoms with Gasteiger partial charge in [0.2, 0.25) is 0 Å². The van der Waals surface area contributed by atoms with Crippen LogP contribution in [0, 0.1) is 11.2 Å². The summed E-state index contributed by atoms with van der Waals surface area (Å²) in [6.07, 6.45) is 0.926. The van der Waals surface area contributed by atoms with Gasteiger partial charge in [0, 0.05) is 35.4 Å². The highest BCUT2D eigenvalue weighted by Gasteiger charge is 2.33. The van der Waals surface area contributed by atoms with E-state index >= 15 is 0 Å². The van der Waals surface area contributed by atoms with Crippen molar-refractivity contribution in [3.8, 4) is 0 Å². The average Bonchev–Trinajstić information content (AvgIpc) is 2.42. The number of benzene rings is 1. The molecule has 0 spiro atoms. The van der Waals surface area contributed by atoms with Crippen molar-refractivity contribution in [2.45, 2.75) is 33.1 Å². The van der Waals surface area contributed by atoms with Gasteiger partial charge in [0.05, 0.1) is 5.56 Å². The molecule has 0 bridgehead atoms. The lowest BCUT2D eigenvalue weighted by molar-refractivity contribution is 0.0897. The van der Waals surface area contributed by atoms with Crippen LogP contribution in [0.4, 0.5) is 4.39 Å². The highest BCUT2D eigenvalue weighted by atomic mass is 35.5. The summed E-state index contributed by atoms with van der Waals surface area (Å²) in [5.41, 5.74) is 0.116. The Morgan fingerprint density at radius 3 is 2.70 bits per heavy atom. The van der Waals surface area contributed by atoms with E-state index in [1.54, 1.807) is 6.07 Å². The maximum absolute atomic E-state index is 13.9. The molecule has 0 amide bonds.